The van der Waals surface area contributed by atoms with Crippen LogP contribution in [-0.4, -0.2) is 29.9 Å². The van der Waals surface area contributed by atoms with Crippen molar-refractivity contribution < 1.29 is 14.2 Å². The summed E-state index contributed by atoms with van der Waals surface area (Å²) in [7, 11) is 1.71. The maximum Gasteiger partial charge on any atom is 0.203 e. The van der Waals surface area contributed by atoms with Gasteiger partial charge in [0.15, 0.2) is 0 Å². The van der Waals surface area contributed by atoms with Gasteiger partial charge in [-0.3, -0.25) is 0 Å². The van der Waals surface area contributed by atoms with Crippen LogP contribution in [0.15, 0.2) is 85.1 Å². The fourth-order valence-corrected chi connectivity index (χ4v) is 3.67. The highest BCUT2D eigenvalue weighted by molar-refractivity contribution is 5.62. The average Bonchev–Trinajstić information content (AvgIpc) is 3.29. The highest BCUT2D eigenvalue weighted by Crippen LogP contribution is 2.26. The van der Waals surface area contributed by atoms with Crippen LogP contribution in [0.3, 0.4) is 0 Å². The molecule has 0 aliphatic rings. The number of hydrogen-bond acceptors (Lipinski definition) is 5. The first-order valence-corrected chi connectivity index (χ1v) is 11.5. The Morgan fingerprint density at radius 3 is 2.24 bits per heavy atom. The predicted octanol–water partition coefficient (Wildman–Crippen LogP) is 5.79. The SMILES string of the molecule is CCOc1ccc(-c2cnc(NCc3ccc(OCc4ccccc4)cc3)n2CCOC)cc1. The molecule has 4 rings (SSSR count). The smallest absolute Gasteiger partial charge is 0.203 e. The second-order valence-corrected chi connectivity index (χ2v) is 7.84. The van der Waals surface area contributed by atoms with Crippen molar-refractivity contribution in [3.63, 3.8) is 0 Å². The summed E-state index contributed by atoms with van der Waals surface area (Å²) in [6, 6.07) is 26.4. The van der Waals surface area contributed by atoms with Gasteiger partial charge in [-0.25, -0.2) is 4.98 Å². The van der Waals surface area contributed by atoms with Crippen LogP contribution in [0.4, 0.5) is 5.95 Å². The van der Waals surface area contributed by atoms with Gasteiger partial charge in [-0.05, 0) is 54.4 Å². The van der Waals surface area contributed by atoms with E-state index >= 15 is 0 Å². The number of rotatable bonds is 12. The summed E-state index contributed by atoms with van der Waals surface area (Å²) in [6.07, 6.45) is 1.90. The maximum absolute atomic E-state index is 5.89. The van der Waals surface area contributed by atoms with E-state index in [0.717, 1.165) is 39.8 Å². The lowest BCUT2D eigenvalue weighted by Crippen LogP contribution is -2.11. The molecular formula is C28H31N3O3. The van der Waals surface area contributed by atoms with Crippen LogP contribution >= 0.6 is 0 Å². The van der Waals surface area contributed by atoms with Crippen molar-refractivity contribution in [2.45, 2.75) is 26.6 Å². The van der Waals surface area contributed by atoms with Gasteiger partial charge in [0, 0.05) is 25.8 Å². The van der Waals surface area contributed by atoms with E-state index in [1.807, 2.05) is 55.6 Å². The Morgan fingerprint density at radius 2 is 1.53 bits per heavy atom. The Balaban J connectivity index is 1.40. The first-order chi connectivity index (χ1) is 16.8. The number of anilines is 1. The second-order valence-electron chi connectivity index (χ2n) is 7.84. The van der Waals surface area contributed by atoms with Crippen molar-refractivity contribution in [3.8, 4) is 22.8 Å². The van der Waals surface area contributed by atoms with Crippen LogP contribution in [0.25, 0.3) is 11.3 Å². The molecular weight excluding hydrogens is 426 g/mol. The van der Waals surface area contributed by atoms with Gasteiger partial charge in [-0.2, -0.15) is 0 Å². The summed E-state index contributed by atoms with van der Waals surface area (Å²) in [5.41, 5.74) is 4.42. The molecule has 3 aromatic carbocycles. The van der Waals surface area contributed by atoms with Crippen molar-refractivity contribution >= 4 is 5.95 Å². The minimum Gasteiger partial charge on any atom is -0.494 e. The summed E-state index contributed by atoms with van der Waals surface area (Å²) >= 11 is 0. The number of nitrogens with one attached hydrogen (secondary N) is 1. The third kappa shape index (κ3) is 6.17. The van der Waals surface area contributed by atoms with Gasteiger partial charge in [0.05, 0.1) is 25.1 Å². The molecule has 0 unspecified atom stereocenters. The summed E-state index contributed by atoms with van der Waals surface area (Å²) in [5, 5.41) is 3.47. The van der Waals surface area contributed by atoms with Gasteiger partial charge < -0.3 is 24.1 Å². The molecule has 0 spiro atoms. The van der Waals surface area contributed by atoms with E-state index in [2.05, 4.69) is 51.3 Å². The normalized spacial score (nSPS) is 10.8. The number of methoxy groups -OCH3 is 1. The summed E-state index contributed by atoms with van der Waals surface area (Å²) in [6.45, 7) is 5.15. The van der Waals surface area contributed by atoms with Crippen molar-refractivity contribution in [2.24, 2.45) is 0 Å². The first-order valence-electron chi connectivity index (χ1n) is 11.5. The van der Waals surface area contributed by atoms with Crippen molar-refractivity contribution in [2.75, 3.05) is 25.6 Å². The minimum atomic E-state index is 0.559. The molecule has 1 N–H and O–H groups in total. The summed E-state index contributed by atoms with van der Waals surface area (Å²) in [4.78, 5) is 4.64. The Hall–Kier alpha value is -3.77. The third-order valence-corrected chi connectivity index (χ3v) is 5.46. The Kier molecular flexibility index (Phi) is 8.19. The van der Waals surface area contributed by atoms with E-state index < -0.39 is 0 Å². The average molecular weight is 458 g/mol. The molecule has 0 aliphatic heterocycles. The molecule has 0 saturated heterocycles. The number of aromatic nitrogens is 2. The molecule has 0 amide bonds. The van der Waals surface area contributed by atoms with Crippen molar-refractivity contribution in [1.29, 1.82) is 0 Å². The molecule has 0 saturated carbocycles. The molecule has 34 heavy (non-hydrogen) atoms. The fourth-order valence-electron chi connectivity index (χ4n) is 3.67. The van der Waals surface area contributed by atoms with Crippen molar-refractivity contribution in [1.82, 2.24) is 9.55 Å². The molecule has 0 fully saturated rings. The molecule has 0 atom stereocenters. The standard InChI is InChI=1S/C28H31N3O3/c1-3-33-25-15-11-24(12-16-25)27-20-30-28(31(27)17-18-32-2)29-19-22-9-13-26(14-10-22)34-21-23-7-5-4-6-8-23/h4-16,20H,3,17-19,21H2,1-2H3,(H,29,30). The van der Waals surface area contributed by atoms with Gasteiger partial charge in [-0.1, -0.05) is 42.5 Å². The van der Waals surface area contributed by atoms with Crippen molar-refractivity contribution in [3.05, 3.63) is 96.2 Å². The quantitative estimate of drug-likeness (QED) is 0.292. The highest BCUT2D eigenvalue weighted by atomic mass is 16.5. The van der Waals surface area contributed by atoms with E-state index in [1.54, 1.807) is 7.11 Å². The lowest BCUT2D eigenvalue weighted by Gasteiger charge is -2.14. The lowest BCUT2D eigenvalue weighted by atomic mass is 10.1. The van der Waals surface area contributed by atoms with Gasteiger partial charge in [0.2, 0.25) is 5.95 Å². The molecule has 176 valence electrons. The molecule has 1 aromatic heterocycles. The van der Waals surface area contributed by atoms with Crippen LogP contribution < -0.4 is 14.8 Å². The molecule has 4 aromatic rings. The molecule has 0 radical (unpaired) electrons. The Labute approximate surface area is 201 Å². The lowest BCUT2D eigenvalue weighted by molar-refractivity contribution is 0.188. The van der Waals surface area contributed by atoms with Crippen LogP contribution in [0.1, 0.15) is 18.1 Å². The predicted molar refractivity (Wildman–Crippen MR) is 135 cm³/mol. The van der Waals surface area contributed by atoms with E-state index in [9.17, 15) is 0 Å². The number of hydrogen-bond donors (Lipinski definition) is 1. The highest BCUT2D eigenvalue weighted by Gasteiger charge is 2.12. The van der Waals surface area contributed by atoms with E-state index in [-0.39, 0.29) is 0 Å². The van der Waals surface area contributed by atoms with Crippen LogP contribution in [0.2, 0.25) is 0 Å². The van der Waals surface area contributed by atoms with E-state index in [4.69, 9.17) is 14.2 Å². The number of benzene rings is 3. The molecule has 6 nitrogen and oxygen atoms in total. The van der Waals surface area contributed by atoms with Crippen LogP contribution in [0.5, 0.6) is 11.5 Å². The molecule has 0 bridgehead atoms. The summed E-state index contributed by atoms with van der Waals surface area (Å²) in [5.74, 6) is 2.53. The largest absolute Gasteiger partial charge is 0.494 e. The Bertz CT molecular complexity index is 1140. The Morgan fingerprint density at radius 1 is 0.824 bits per heavy atom. The topological polar surface area (TPSA) is 57.5 Å². The zero-order chi connectivity index (χ0) is 23.6. The monoisotopic (exact) mass is 457 g/mol. The maximum atomic E-state index is 5.89. The van der Waals surface area contributed by atoms with Gasteiger partial charge in [-0.15, -0.1) is 0 Å². The number of ether oxygens (including phenoxy) is 3. The molecule has 1 heterocycles. The van der Waals surface area contributed by atoms with Crippen LogP contribution in [0, 0.1) is 0 Å². The zero-order valence-corrected chi connectivity index (χ0v) is 19.7. The number of nitrogens with zero attached hydrogens (tertiary/aromatic N) is 2. The van der Waals surface area contributed by atoms with E-state index in [1.165, 1.54) is 0 Å². The minimum absolute atomic E-state index is 0.559. The summed E-state index contributed by atoms with van der Waals surface area (Å²) < 4.78 is 18.9. The van der Waals surface area contributed by atoms with Gasteiger partial charge in [0.1, 0.15) is 18.1 Å². The zero-order valence-electron chi connectivity index (χ0n) is 19.7. The fraction of sp³-hybridized carbons (Fsp3) is 0.250. The van der Waals surface area contributed by atoms with Gasteiger partial charge >= 0.3 is 0 Å². The molecule has 6 heteroatoms. The van der Waals surface area contributed by atoms with Gasteiger partial charge in [0.25, 0.3) is 0 Å². The second kappa shape index (κ2) is 11.9. The molecule has 0 aliphatic carbocycles. The van der Waals surface area contributed by atoms with Crippen LogP contribution in [-0.2, 0) is 24.4 Å². The third-order valence-electron chi connectivity index (χ3n) is 5.46. The first kappa shape index (κ1) is 23.4. The van der Waals surface area contributed by atoms with E-state index in [0.29, 0.717) is 32.9 Å². The number of imidazole rings is 1.